The molecule has 0 fully saturated rings. The Bertz CT molecular complexity index is 1100. The van der Waals surface area contributed by atoms with E-state index in [0.717, 1.165) is 4.57 Å². The summed E-state index contributed by atoms with van der Waals surface area (Å²) in [5, 5.41) is 9.21. The molecule has 3 aromatic rings. The predicted molar refractivity (Wildman–Crippen MR) is 90.2 cm³/mol. The van der Waals surface area contributed by atoms with Crippen molar-refractivity contribution in [3.63, 3.8) is 0 Å². The first-order valence-electron chi connectivity index (χ1n) is 7.21. The van der Waals surface area contributed by atoms with Crippen LogP contribution >= 0.6 is 0 Å². The number of nitrogens with zero attached hydrogens (tertiary/aromatic N) is 1. The molecule has 1 aromatic heterocycles. The Balaban J connectivity index is 2.31. The number of ether oxygens (including phenoxy) is 2. The first kappa shape index (κ1) is 16.3. The van der Waals surface area contributed by atoms with Crippen molar-refractivity contribution in [2.45, 2.75) is 0 Å². The number of nitrogens with one attached hydrogen (secondary N) is 1. The molecule has 8 heteroatoms. The van der Waals surface area contributed by atoms with E-state index in [-0.39, 0.29) is 27.9 Å². The summed E-state index contributed by atoms with van der Waals surface area (Å²) in [7, 11) is 2.90. The Morgan fingerprint density at radius 2 is 1.84 bits per heavy atom. The first-order chi connectivity index (χ1) is 12.0. The van der Waals surface area contributed by atoms with Gasteiger partial charge in [0.2, 0.25) is 0 Å². The maximum absolute atomic E-state index is 12.8. The minimum absolute atomic E-state index is 0.0256. The molecule has 8 nitrogen and oxygen atoms in total. The Morgan fingerprint density at radius 3 is 2.48 bits per heavy atom. The second-order valence-corrected chi connectivity index (χ2v) is 5.17. The number of hydrogen-bond donors (Lipinski definition) is 2. The molecular formula is C17H14N2O6. The molecule has 0 bridgehead atoms. The summed E-state index contributed by atoms with van der Waals surface area (Å²) in [5.41, 5.74) is -0.914. The number of methoxy groups -OCH3 is 2. The molecule has 2 N–H and O–H groups in total. The fourth-order valence-electron chi connectivity index (χ4n) is 2.54. The van der Waals surface area contributed by atoms with Gasteiger partial charge in [0.15, 0.2) is 0 Å². The van der Waals surface area contributed by atoms with E-state index in [1.165, 1.54) is 38.5 Å². The van der Waals surface area contributed by atoms with Crippen molar-refractivity contribution in [1.82, 2.24) is 9.55 Å². The van der Waals surface area contributed by atoms with Crippen LogP contribution in [0.1, 0.15) is 10.4 Å². The van der Waals surface area contributed by atoms with E-state index in [4.69, 9.17) is 14.6 Å². The monoisotopic (exact) mass is 342 g/mol. The molecule has 128 valence electrons. The van der Waals surface area contributed by atoms with E-state index < -0.39 is 17.2 Å². The van der Waals surface area contributed by atoms with Crippen LogP contribution in [0.5, 0.6) is 11.5 Å². The maximum Gasteiger partial charge on any atom is 0.335 e. The van der Waals surface area contributed by atoms with Crippen LogP contribution in [0.25, 0.3) is 16.6 Å². The molecule has 1 heterocycles. The zero-order valence-corrected chi connectivity index (χ0v) is 13.4. The van der Waals surface area contributed by atoms with Crippen molar-refractivity contribution < 1.29 is 19.4 Å². The Morgan fingerprint density at radius 1 is 1.08 bits per heavy atom. The summed E-state index contributed by atoms with van der Waals surface area (Å²) in [6.45, 7) is 0. The molecule has 3 rings (SSSR count). The molecular weight excluding hydrogens is 328 g/mol. The van der Waals surface area contributed by atoms with Crippen LogP contribution in [0.15, 0.2) is 46.0 Å². The zero-order valence-electron chi connectivity index (χ0n) is 13.4. The van der Waals surface area contributed by atoms with Gasteiger partial charge in [-0.1, -0.05) is 0 Å². The largest absolute Gasteiger partial charge is 0.497 e. The van der Waals surface area contributed by atoms with Crippen molar-refractivity contribution in [1.29, 1.82) is 0 Å². The van der Waals surface area contributed by atoms with Crippen LogP contribution in [-0.2, 0) is 0 Å². The molecule has 0 amide bonds. The molecule has 0 radical (unpaired) electrons. The summed E-state index contributed by atoms with van der Waals surface area (Å²) in [6, 6.07) is 8.60. The number of aromatic nitrogens is 2. The van der Waals surface area contributed by atoms with Gasteiger partial charge in [-0.25, -0.2) is 14.2 Å². The van der Waals surface area contributed by atoms with Crippen LogP contribution in [0.3, 0.4) is 0 Å². The summed E-state index contributed by atoms with van der Waals surface area (Å²) in [4.78, 5) is 38.8. The number of H-pyrrole nitrogens is 1. The molecule has 0 aliphatic heterocycles. The number of carboxylic acids is 1. The number of carboxylic acid groups (broad SMARTS) is 1. The molecule has 0 aliphatic carbocycles. The van der Waals surface area contributed by atoms with E-state index in [1.54, 1.807) is 12.1 Å². The second-order valence-electron chi connectivity index (χ2n) is 5.17. The van der Waals surface area contributed by atoms with Crippen LogP contribution < -0.4 is 20.7 Å². The van der Waals surface area contributed by atoms with Crippen LogP contribution in [0.2, 0.25) is 0 Å². The fraction of sp³-hybridized carbons (Fsp3) is 0.118. The van der Waals surface area contributed by atoms with E-state index >= 15 is 0 Å². The highest BCUT2D eigenvalue weighted by molar-refractivity contribution is 5.92. The Labute approximate surface area is 140 Å². The lowest BCUT2D eigenvalue weighted by molar-refractivity contribution is 0.0697. The van der Waals surface area contributed by atoms with Crippen molar-refractivity contribution in [3.05, 3.63) is 62.8 Å². The van der Waals surface area contributed by atoms with Gasteiger partial charge >= 0.3 is 11.7 Å². The maximum atomic E-state index is 12.8. The topological polar surface area (TPSA) is 111 Å². The van der Waals surface area contributed by atoms with E-state index in [1.807, 2.05) is 0 Å². The number of aromatic amines is 1. The quantitative estimate of drug-likeness (QED) is 0.741. The highest BCUT2D eigenvalue weighted by atomic mass is 16.5. The number of fused-ring (bicyclic) bond motifs is 1. The molecule has 0 saturated carbocycles. The van der Waals surface area contributed by atoms with Gasteiger partial charge in [-0.2, -0.15) is 0 Å². The zero-order chi connectivity index (χ0) is 18.1. The number of benzene rings is 2. The van der Waals surface area contributed by atoms with Crippen molar-refractivity contribution in [2.75, 3.05) is 14.2 Å². The fourth-order valence-corrected chi connectivity index (χ4v) is 2.54. The standard InChI is InChI=1S/C17H14N2O6/c1-24-10-4-6-13(14(8-10)25-2)19-15(20)11-5-3-9(16(21)22)7-12(11)18-17(19)23/h3-8H,1-2H3,(H,18,23)(H,21,22). The molecule has 0 spiro atoms. The number of carbonyl (C=O) groups is 1. The third kappa shape index (κ3) is 2.74. The summed E-state index contributed by atoms with van der Waals surface area (Å²) in [5.74, 6) is -0.353. The molecule has 0 saturated heterocycles. The SMILES string of the molecule is COc1ccc(-n2c(=O)[nH]c3cc(C(=O)O)ccc3c2=O)c(OC)c1. The van der Waals surface area contributed by atoms with Gasteiger partial charge in [0.25, 0.3) is 5.56 Å². The average molecular weight is 342 g/mol. The highest BCUT2D eigenvalue weighted by Crippen LogP contribution is 2.26. The number of aromatic carboxylic acids is 1. The number of hydrogen-bond acceptors (Lipinski definition) is 5. The van der Waals surface area contributed by atoms with E-state index in [9.17, 15) is 14.4 Å². The lowest BCUT2D eigenvalue weighted by Crippen LogP contribution is -2.34. The Kier molecular flexibility index (Phi) is 4.02. The van der Waals surface area contributed by atoms with E-state index in [0.29, 0.717) is 5.75 Å². The van der Waals surface area contributed by atoms with Crippen LogP contribution in [0, 0.1) is 0 Å². The summed E-state index contributed by atoms with van der Waals surface area (Å²) in [6.07, 6.45) is 0. The average Bonchev–Trinajstić information content (AvgIpc) is 2.61. The molecule has 2 aromatic carbocycles. The summed E-state index contributed by atoms with van der Waals surface area (Å²) < 4.78 is 11.3. The lowest BCUT2D eigenvalue weighted by Gasteiger charge is -2.12. The summed E-state index contributed by atoms with van der Waals surface area (Å²) >= 11 is 0. The lowest BCUT2D eigenvalue weighted by atomic mass is 10.1. The van der Waals surface area contributed by atoms with Crippen LogP contribution in [0.4, 0.5) is 0 Å². The molecule has 25 heavy (non-hydrogen) atoms. The first-order valence-corrected chi connectivity index (χ1v) is 7.21. The Hall–Kier alpha value is -3.55. The molecule has 0 atom stereocenters. The predicted octanol–water partition coefficient (Wildman–Crippen LogP) is 1.39. The van der Waals surface area contributed by atoms with E-state index in [2.05, 4.69) is 4.98 Å². The minimum Gasteiger partial charge on any atom is -0.497 e. The van der Waals surface area contributed by atoms with Crippen LogP contribution in [-0.4, -0.2) is 34.8 Å². The van der Waals surface area contributed by atoms with Gasteiger partial charge in [0, 0.05) is 6.07 Å². The van der Waals surface area contributed by atoms with Crippen molar-refractivity contribution in [3.8, 4) is 17.2 Å². The minimum atomic E-state index is -1.15. The van der Waals surface area contributed by atoms with Gasteiger partial charge in [-0.05, 0) is 30.3 Å². The normalized spacial score (nSPS) is 10.6. The number of rotatable bonds is 4. The van der Waals surface area contributed by atoms with Crippen molar-refractivity contribution in [2.24, 2.45) is 0 Å². The second kappa shape index (κ2) is 6.16. The van der Waals surface area contributed by atoms with Gasteiger partial charge in [0.05, 0.1) is 36.4 Å². The van der Waals surface area contributed by atoms with Crippen molar-refractivity contribution >= 4 is 16.9 Å². The third-order valence-electron chi connectivity index (χ3n) is 3.77. The highest BCUT2D eigenvalue weighted by Gasteiger charge is 2.15. The van der Waals surface area contributed by atoms with Gasteiger partial charge in [0.1, 0.15) is 11.5 Å². The van der Waals surface area contributed by atoms with Gasteiger partial charge in [-0.3, -0.25) is 4.79 Å². The molecule has 0 aliphatic rings. The smallest absolute Gasteiger partial charge is 0.335 e. The van der Waals surface area contributed by atoms with Gasteiger partial charge < -0.3 is 19.6 Å². The third-order valence-corrected chi connectivity index (χ3v) is 3.77. The molecule has 0 unspecified atom stereocenters. The van der Waals surface area contributed by atoms with Gasteiger partial charge in [-0.15, -0.1) is 0 Å².